The molecule has 1 fully saturated rings. The van der Waals surface area contributed by atoms with Gasteiger partial charge in [0.2, 0.25) is 5.91 Å². The molecule has 1 saturated carbocycles. The number of para-hydroxylation sites is 1. The lowest BCUT2D eigenvalue weighted by atomic mass is 10.0. The highest BCUT2D eigenvalue weighted by Gasteiger charge is 2.35. The second-order valence-electron chi connectivity index (χ2n) is 6.85. The van der Waals surface area contributed by atoms with E-state index in [1.165, 1.54) is 0 Å². The molecule has 1 amide bonds. The molecule has 0 bridgehead atoms. The van der Waals surface area contributed by atoms with Crippen molar-refractivity contribution >= 4 is 5.91 Å². The molecule has 1 aromatic heterocycles. The van der Waals surface area contributed by atoms with Gasteiger partial charge >= 0.3 is 0 Å². The number of hydrogen-bond acceptors (Lipinski definition) is 4. The van der Waals surface area contributed by atoms with Crippen LogP contribution >= 0.6 is 0 Å². The van der Waals surface area contributed by atoms with Crippen molar-refractivity contribution in [3.8, 4) is 5.75 Å². The lowest BCUT2D eigenvalue weighted by molar-refractivity contribution is -0.135. The van der Waals surface area contributed by atoms with E-state index in [1.807, 2.05) is 42.5 Å². The van der Waals surface area contributed by atoms with Crippen molar-refractivity contribution in [2.45, 2.75) is 50.4 Å². The summed E-state index contributed by atoms with van der Waals surface area (Å²) in [7, 11) is 1.78. The fourth-order valence-corrected chi connectivity index (χ4v) is 3.50. The van der Waals surface area contributed by atoms with Crippen LogP contribution in [0.3, 0.4) is 0 Å². The van der Waals surface area contributed by atoms with Crippen LogP contribution in [0.4, 0.5) is 0 Å². The molecule has 0 saturated heterocycles. The highest BCUT2D eigenvalue weighted by atomic mass is 16.5. The SMILES string of the molecule is CN(C(=O)Cc1cccnc1)[C@@H]1CCCC[C@@H](Oc2ccccc2)[C@@H]1O. The first-order chi connectivity index (χ1) is 12.6. The number of rotatable bonds is 5. The van der Waals surface area contributed by atoms with Gasteiger partial charge in [0, 0.05) is 19.4 Å². The van der Waals surface area contributed by atoms with Crippen molar-refractivity contribution in [2.75, 3.05) is 7.05 Å². The van der Waals surface area contributed by atoms with Crippen LogP contribution in [-0.4, -0.2) is 46.2 Å². The number of likely N-dealkylation sites (N-methyl/N-ethyl adjacent to an activating group) is 1. The van der Waals surface area contributed by atoms with E-state index in [0.29, 0.717) is 0 Å². The minimum absolute atomic E-state index is 0.0117. The molecule has 5 nitrogen and oxygen atoms in total. The number of pyridine rings is 1. The fourth-order valence-electron chi connectivity index (χ4n) is 3.50. The summed E-state index contributed by atoms with van der Waals surface area (Å²) < 4.78 is 6.03. The Hall–Kier alpha value is -2.40. The quantitative estimate of drug-likeness (QED) is 0.839. The molecule has 1 aliphatic rings. The molecule has 2 aromatic rings. The van der Waals surface area contributed by atoms with E-state index in [0.717, 1.165) is 37.0 Å². The Morgan fingerprint density at radius 3 is 2.69 bits per heavy atom. The van der Waals surface area contributed by atoms with Crippen LogP contribution in [0.5, 0.6) is 5.75 Å². The van der Waals surface area contributed by atoms with E-state index in [9.17, 15) is 9.90 Å². The Kier molecular flexibility index (Phi) is 6.23. The number of amides is 1. The Morgan fingerprint density at radius 1 is 1.19 bits per heavy atom. The summed E-state index contributed by atoms with van der Waals surface area (Å²) in [6.45, 7) is 0. The van der Waals surface area contributed by atoms with Crippen LogP contribution in [0.1, 0.15) is 31.2 Å². The van der Waals surface area contributed by atoms with E-state index >= 15 is 0 Å². The van der Waals surface area contributed by atoms with Crippen molar-refractivity contribution in [3.63, 3.8) is 0 Å². The molecule has 5 heteroatoms. The zero-order valence-corrected chi connectivity index (χ0v) is 15.1. The molecule has 3 rings (SSSR count). The molecule has 0 aliphatic heterocycles. The standard InChI is InChI=1S/C21H26N2O3/c1-23(20(24)14-16-8-7-13-22-15-16)18-11-5-6-12-19(21(18)25)26-17-9-3-2-4-10-17/h2-4,7-10,13,15,18-19,21,25H,5-6,11-12,14H2,1H3/t18-,19-,21-/m1/s1. The Balaban J connectivity index is 1.67. The van der Waals surface area contributed by atoms with Gasteiger partial charge in [-0.15, -0.1) is 0 Å². The molecule has 1 aliphatic carbocycles. The van der Waals surface area contributed by atoms with Crippen LogP contribution < -0.4 is 4.74 Å². The monoisotopic (exact) mass is 354 g/mol. The lowest BCUT2D eigenvalue weighted by Crippen LogP contribution is -2.50. The summed E-state index contributed by atoms with van der Waals surface area (Å²) in [5.74, 6) is 0.740. The summed E-state index contributed by atoms with van der Waals surface area (Å²) in [5, 5.41) is 10.9. The third kappa shape index (κ3) is 4.61. The lowest BCUT2D eigenvalue weighted by Gasteiger charge is -2.34. The van der Waals surface area contributed by atoms with Gasteiger partial charge in [-0.1, -0.05) is 30.7 Å². The van der Waals surface area contributed by atoms with Crippen molar-refractivity contribution in [3.05, 3.63) is 60.4 Å². The minimum Gasteiger partial charge on any atom is -0.488 e. The average molecular weight is 354 g/mol. The first kappa shape index (κ1) is 18.4. The number of aliphatic hydroxyl groups excluding tert-OH is 1. The number of aliphatic hydroxyl groups is 1. The molecule has 1 aromatic carbocycles. The normalized spacial score (nSPS) is 23.1. The second-order valence-corrected chi connectivity index (χ2v) is 6.85. The summed E-state index contributed by atoms with van der Waals surface area (Å²) in [6.07, 6.45) is 6.20. The van der Waals surface area contributed by atoms with Crippen molar-refractivity contribution < 1.29 is 14.6 Å². The zero-order chi connectivity index (χ0) is 18.4. The molecular weight excluding hydrogens is 328 g/mol. The maximum Gasteiger partial charge on any atom is 0.227 e. The van der Waals surface area contributed by atoms with Crippen LogP contribution in [0.2, 0.25) is 0 Å². The first-order valence-corrected chi connectivity index (χ1v) is 9.19. The second kappa shape index (κ2) is 8.81. The summed E-state index contributed by atoms with van der Waals surface area (Å²) >= 11 is 0. The van der Waals surface area contributed by atoms with E-state index in [2.05, 4.69) is 4.98 Å². The third-order valence-corrected chi connectivity index (χ3v) is 5.01. The summed E-state index contributed by atoms with van der Waals surface area (Å²) in [5.41, 5.74) is 0.879. The van der Waals surface area contributed by atoms with Crippen LogP contribution in [0.25, 0.3) is 0 Å². The zero-order valence-electron chi connectivity index (χ0n) is 15.1. The van der Waals surface area contributed by atoms with Crippen LogP contribution in [0, 0.1) is 0 Å². The summed E-state index contributed by atoms with van der Waals surface area (Å²) in [4.78, 5) is 18.4. The van der Waals surface area contributed by atoms with E-state index in [4.69, 9.17) is 4.74 Å². The van der Waals surface area contributed by atoms with E-state index < -0.39 is 6.10 Å². The molecule has 0 radical (unpaired) electrons. The molecule has 3 atom stereocenters. The van der Waals surface area contributed by atoms with Crippen LogP contribution in [-0.2, 0) is 11.2 Å². The smallest absolute Gasteiger partial charge is 0.227 e. The van der Waals surface area contributed by atoms with Crippen molar-refractivity contribution in [2.24, 2.45) is 0 Å². The molecule has 138 valence electrons. The number of carbonyl (C=O) groups is 1. The number of hydrogen-bond donors (Lipinski definition) is 1. The van der Waals surface area contributed by atoms with Gasteiger partial charge in [0.05, 0.1) is 12.5 Å². The minimum atomic E-state index is -0.708. The predicted octanol–water partition coefficient (Wildman–Crippen LogP) is 2.83. The van der Waals surface area contributed by atoms with E-state index in [-0.39, 0.29) is 24.5 Å². The van der Waals surface area contributed by atoms with Gasteiger partial charge in [0.1, 0.15) is 18.0 Å². The maximum atomic E-state index is 12.7. The Labute approximate surface area is 154 Å². The highest BCUT2D eigenvalue weighted by molar-refractivity contribution is 5.78. The fraction of sp³-hybridized carbons (Fsp3) is 0.429. The van der Waals surface area contributed by atoms with Gasteiger partial charge in [-0.2, -0.15) is 0 Å². The Bertz CT molecular complexity index is 693. The van der Waals surface area contributed by atoms with E-state index in [1.54, 1.807) is 24.3 Å². The van der Waals surface area contributed by atoms with Crippen LogP contribution in [0.15, 0.2) is 54.9 Å². The largest absolute Gasteiger partial charge is 0.488 e. The summed E-state index contributed by atoms with van der Waals surface area (Å²) in [6, 6.07) is 13.0. The average Bonchev–Trinajstić information content (AvgIpc) is 2.85. The van der Waals surface area contributed by atoms with Gasteiger partial charge in [-0.25, -0.2) is 0 Å². The maximum absolute atomic E-state index is 12.7. The number of nitrogens with zero attached hydrogens (tertiary/aromatic N) is 2. The molecule has 1 N–H and O–H groups in total. The van der Waals surface area contributed by atoms with Gasteiger partial charge in [0.15, 0.2) is 0 Å². The van der Waals surface area contributed by atoms with Gasteiger partial charge < -0.3 is 14.7 Å². The predicted molar refractivity (Wildman–Crippen MR) is 99.8 cm³/mol. The number of benzene rings is 1. The molecule has 0 spiro atoms. The highest BCUT2D eigenvalue weighted by Crippen LogP contribution is 2.26. The van der Waals surface area contributed by atoms with Crippen molar-refractivity contribution in [1.29, 1.82) is 0 Å². The van der Waals surface area contributed by atoms with Gasteiger partial charge in [-0.3, -0.25) is 9.78 Å². The van der Waals surface area contributed by atoms with Gasteiger partial charge in [0.25, 0.3) is 0 Å². The molecule has 0 unspecified atom stereocenters. The Morgan fingerprint density at radius 2 is 1.96 bits per heavy atom. The molecular formula is C21H26N2O3. The number of ether oxygens (including phenoxy) is 1. The molecule has 26 heavy (non-hydrogen) atoms. The third-order valence-electron chi connectivity index (χ3n) is 5.01. The first-order valence-electron chi connectivity index (χ1n) is 9.19. The van der Waals surface area contributed by atoms with Gasteiger partial charge in [-0.05, 0) is 43.0 Å². The van der Waals surface area contributed by atoms with Crippen molar-refractivity contribution in [1.82, 2.24) is 9.88 Å². The number of carbonyl (C=O) groups excluding carboxylic acids is 1. The number of aromatic nitrogens is 1. The topological polar surface area (TPSA) is 62.7 Å². The molecule has 1 heterocycles.